The van der Waals surface area contributed by atoms with Gasteiger partial charge in [0.05, 0.1) is 18.4 Å². The van der Waals surface area contributed by atoms with Crippen LogP contribution < -0.4 is 10.0 Å². The molecule has 1 aliphatic heterocycles. The van der Waals surface area contributed by atoms with E-state index in [1.54, 1.807) is 40.1 Å². The van der Waals surface area contributed by atoms with Crippen molar-refractivity contribution >= 4 is 39.2 Å². The Bertz CT molecular complexity index is 1050. The molecule has 0 radical (unpaired) electrons. The smallest absolute Gasteiger partial charge is 0.317 e. The molecule has 2 N–H and O–H groups in total. The molecule has 1 saturated heterocycles. The van der Waals surface area contributed by atoms with E-state index < -0.39 is 10.0 Å². The molecule has 2 aromatic rings. The van der Waals surface area contributed by atoms with E-state index in [0.717, 1.165) is 11.8 Å². The van der Waals surface area contributed by atoms with E-state index in [-0.39, 0.29) is 24.9 Å². The fourth-order valence-electron chi connectivity index (χ4n) is 3.33. The maximum absolute atomic E-state index is 12.6. The van der Waals surface area contributed by atoms with Crippen LogP contribution in [0.15, 0.2) is 48.5 Å². The molecule has 166 valence electrons. The van der Waals surface area contributed by atoms with Gasteiger partial charge in [-0.3, -0.25) is 9.52 Å². The largest absolute Gasteiger partial charge is 0.339 e. The average molecular weight is 465 g/mol. The van der Waals surface area contributed by atoms with E-state index in [2.05, 4.69) is 10.0 Å². The Morgan fingerprint density at radius 2 is 1.52 bits per heavy atom. The number of para-hydroxylation sites is 1. The minimum Gasteiger partial charge on any atom is -0.339 e. The van der Waals surface area contributed by atoms with Crippen LogP contribution in [0.1, 0.15) is 11.1 Å². The molecule has 0 spiro atoms. The number of nitrogens with one attached hydrogen (secondary N) is 2. The standard InChI is InChI=1S/C21H25ClN4O4S/c1-31(29,30)24-19-9-5-3-7-17(19)15-23-21(28)26-12-10-25(11-13-26)20(27)14-16-6-2-4-8-18(16)22/h2-9,24H,10-15H2,1H3,(H,23,28). The number of nitrogens with zero attached hydrogens (tertiary/aromatic N) is 2. The van der Waals surface area contributed by atoms with Crippen molar-refractivity contribution in [2.45, 2.75) is 13.0 Å². The first-order chi connectivity index (χ1) is 14.7. The van der Waals surface area contributed by atoms with Gasteiger partial charge in [-0.15, -0.1) is 0 Å². The van der Waals surface area contributed by atoms with Crippen LogP contribution in [0.3, 0.4) is 0 Å². The third-order valence-electron chi connectivity index (χ3n) is 4.96. The number of hydrogen-bond donors (Lipinski definition) is 2. The Labute approximate surface area is 187 Å². The van der Waals surface area contributed by atoms with Crippen LogP contribution in [0.2, 0.25) is 5.02 Å². The Balaban J connectivity index is 1.50. The van der Waals surface area contributed by atoms with E-state index in [1.165, 1.54) is 0 Å². The number of rotatable bonds is 6. The number of carbonyl (C=O) groups excluding carboxylic acids is 2. The number of piperazine rings is 1. The number of hydrogen-bond acceptors (Lipinski definition) is 4. The summed E-state index contributed by atoms with van der Waals surface area (Å²) in [5, 5.41) is 3.39. The molecule has 1 heterocycles. The molecule has 1 aliphatic rings. The van der Waals surface area contributed by atoms with E-state index in [0.29, 0.717) is 42.5 Å². The second-order valence-electron chi connectivity index (χ2n) is 7.33. The van der Waals surface area contributed by atoms with Crippen LogP contribution >= 0.6 is 11.6 Å². The zero-order chi connectivity index (χ0) is 22.4. The maximum atomic E-state index is 12.6. The van der Waals surface area contributed by atoms with E-state index in [1.807, 2.05) is 18.2 Å². The van der Waals surface area contributed by atoms with E-state index in [4.69, 9.17) is 11.6 Å². The summed E-state index contributed by atoms with van der Waals surface area (Å²) in [6.45, 7) is 1.92. The quantitative estimate of drug-likeness (QED) is 0.685. The number of urea groups is 1. The van der Waals surface area contributed by atoms with Gasteiger partial charge in [-0.25, -0.2) is 13.2 Å². The fraction of sp³-hybridized carbons (Fsp3) is 0.333. The van der Waals surface area contributed by atoms with Crippen LogP contribution in [-0.4, -0.2) is 62.6 Å². The van der Waals surface area contributed by atoms with Crippen molar-refractivity contribution in [2.24, 2.45) is 0 Å². The lowest BCUT2D eigenvalue weighted by atomic mass is 10.1. The van der Waals surface area contributed by atoms with Gasteiger partial charge in [0, 0.05) is 37.7 Å². The lowest BCUT2D eigenvalue weighted by molar-refractivity contribution is -0.131. The number of sulfonamides is 1. The SMILES string of the molecule is CS(=O)(=O)Nc1ccccc1CNC(=O)N1CCN(C(=O)Cc2ccccc2Cl)CC1. The Morgan fingerprint density at radius 1 is 0.935 bits per heavy atom. The molecular formula is C21H25ClN4O4S. The normalized spacial score (nSPS) is 14.3. The molecule has 0 unspecified atom stereocenters. The van der Waals surface area contributed by atoms with Gasteiger partial charge in [0.2, 0.25) is 15.9 Å². The van der Waals surface area contributed by atoms with Crippen molar-refractivity contribution in [3.63, 3.8) is 0 Å². The van der Waals surface area contributed by atoms with Crippen molar-refractivity contribution in [2.75, 3.05) is 37.2 Å². The molecule has 3 amide bonds. The second-order valence-corrected chi connectivity index (χ2v) is 9.48. The van der Waals surface area contributed by atoms with Gasteiger partial charge in [-0.2, -0.15) is 0 Å². The van der Waals surface area contributed by atoms with E-state index in [9.17, 15) is 18.0 Å². The molecule has 8 nitrogen and oxygen atoms in total. The lowest BCUT2D eigenvalue weighted by Gasteiger charge is -2.35. The minimum absolute atomic E-state index is 0.0195. The van der Waals surface area contributed by atoms with Crippen LogP contribution in [-0.2, 0) is 27.8 Å². The first-order valence-corrected chi connectivity index (χ1v) is 12.1. The zero-order valence-corrected chi connectivity index (χ0v) is 18.7. The Kier molecular flexibility index (Phi) is 7.40. The van der Waals surface area contributed by atoms with Crippen molar-refractivity contribution < 1.29 is 18.0 Å². The first kappa shape index (κ1) is 22.9. The lowest BCUT2D eigenvalue weighted by Crippen LogP contribution is -2.53. The maximum Gasteiger partial charge on any atom is 0.317 e. The fourth-order valence-corrected chi connectivity index (χ4v) is 4.13. The predicted molar refractivity (Wildman–Crippen MR) is 120 cm³/mol. The third-order valence-corrected chi connectivity index (χ3v) is 5.92. The van der Waals surface area contributed by atoms with Gasteiger partial charge >= 0.3 is 6.03 Å². The molecule has 3 rings (SSSR count). The Hall–Kier alpha value is -2.78. The van der Waals surface area contributed by atoms with E-state index >= 15 is 0 Å². The van der Waals surface area contributed by atoms with Crippen molar-refractivity contribution in [1.82, 2.24) is 15.1 Å². The highest BCUT2D eigenvalue weighted by Crippen LogP contribution is 2.18. The molecule has 0 aliphatic carbocycles. The second kappa shape index (κ2) is 10.0. The molecule has 0 bridgehead atoms. The van der Waals surface area contributed by atoms with Gasteiger partial charge in [-0.1, -0.05) is 48.0 Å². The summed E-state index contributed by atoms with van der Waals surface area (Å²) in [4.78, 5) is 28.5. The molecule has 1 fully saturated rings. The molecule has 0 atom stereocenters. The van der Waals surface area contributed by atoms with Crippen molar-refractivity contribution in [1.29, 1.82) is 0 Å². The van der Waals surface area contributed by atoms with Crippen molar-refractivity contribution in [3.05, 3.63) is 64.7 Å². The van der Waals surface area contributed by atoms with Gasteiger partial charge < -0.3 is 15.1 Å². The number of anilines is 1. The topological polar surface area (TPSA) is 98.8 Å². The van der Waals surface area contributed by atoms with Crippen LogP contribution in [0.5, 0.6) is 0 Å². The van der Waals surface area contributed by atoms with Gasteiger partial charge in [0.1, 0.15) is 0 Å². The highest BCUT2D eigenvalue weighted by atomic mass is 35.5. The molecular weight excluding hydrogens is 440 g/mol. The number of amides is 3. The Morgan fingerprint density at radius 3 is 2.16 bits per heavy atom. The van der Waals surface area contributed by atoms with Crippen LogP contribution in [0.25, 0.3) is 0 Å². The highest BCUT2D eigenvalue weighted by molar-refractivity contribution is 7.92. The summed E-state index contributed by atoms with van der Waals surface area (Å²) >= 11 is 6.13. The number of carbonyl (C=O) groups is 2. The molecule has 0 saturated carbocycles. The van der Waals surface area contributed by atoms with Gasteiger partial charge in [0.15, 0.2) is 0 Å². The zero-order valence-electron chi connectivity index (χ0n) is 17.2. The minimum atomic E-state index is -3.42. The summed E-state index contributed by atoms with van der Waals surface area (Å²) in [7, 11) is -3.42. The van der Waals surface area contributed by atoms with Gasteiger partial charge in [-0.05, 0) is 23.3 Å². The van der Waals surface area contributed by atoms with Crippen LogP contribution in [0, 0.1) is 0 Å². The number of halogens is 1. The summed E-state index contributed by atoms with van der Waals surface area (Å²) in [5.74, 6) is -0.0195. The molecule has 31 heavy (non-hydrogen) atoms. The monoisotopic (exact) mass is 464 g/mol. The number of benzene rings is 2. The van der Waals surface area contributed by atoms with Crippen molar-refractivity contribution in [3.8, 4) is 0 Å². The molecule has 0 aromatic heterocycles. The first-order valence-electron chi connectivity index (χ1n) is 9.82. The third kappa shape index (κ3) is 6.60. The predicted octanol–water partition coefficient (Wildman–Crippen LogP) is 2.31. The summed E-state index contributed by atoms with van der Waals surface area (Å²) < 4.78 is 25.5. The van der Waals surface area contributed by atoms with Gasteiger partial charge in [0.25, 0.3) is 0 Å². The summed E-state index contributed by atoms with van der Waals surface area (Å²) in [6.07, 6.45) is 1.31. The molecule has 10 heteroatoms. The highest BCUT2D eigenvalue weighted by Gasteiger charge is 2.24. The average Bonchev–Trinajstić information content (AvgIpc) is 2.73. The summed E-state index contributed by atoms with van der Waals surface area (Å²) in [6, 6.07) is 13.9. The molecule has 2 aromatic carbocycles. The summed E-state index contributed by atoms with van der Waals surface area (Å²) in [5.41, 5.74) is 1.88. The van der Waals surface area contributed by atoms with Crippen LogP contribution in [0.4, 0.5) is 10.5 Å².